The molecule has 0 aliphatic carbocycles. The zero-order valence-corrected chi connectivity index (χ0v) is 16.3. The van der Waals surface area contributed by atoms with Gasteiger partial charge in [-0.05, 0) is 24.3 Å². The third-order valence-corrected chi connectivity index (χ3v) is 6.65. The summed E-state index contributed by atoms with van der Waals surface area (Å²) in [4.78, 5) is 12.2. The van der Waals surface area contributed by atoms with Gasteiger partial charge in [0.05, 0.1) is 31.8 Å². The van der Waals surface area contributed by atoms with E-state index in [1.54, 1.807) is 5.48 Å². The summed E-state index contributed by atoms with van der Waals surface area (Å²) in [5.41, 5.74) is 1.33. The number of sulfonamides is 1. The van der Waals surface area contributed by atoms with Crippen LogP contribution < -0.4 is 10.2 Å². The number of hydrogen-bond acceptors (Lipinski definition) is 7. The van der Waals surface area contributed by atoms with E-state index in [-0.39, 0.29) is 23.3 Å². The van der Waals surface area contributed by atoms with Crippen LogP contribution in [0.3, 0.4) is 0 Å². The minimum Gasteiger partial charge on any atom is -0.497 e. The lowest BCUT2D eigenvalue weighted by atomic mass is 9.94. The highest BCUT2D eigenvalue weighted by Gasteiger charge is 2.55. The van der Waals surface area contributed by atoms with E-state index < -0.39 is 27.8 Å². The lowest BCUT2D eigenvalue weighted by Crippen LogP contribution is -2.49. The predicted molar refractivity (Wildman–Crippen MR) is 93.6 cm³/mol. The van der Waals surface area contributed by atoms with Crippen molar-refractivity contribution in [2.45, 2.75) is 37.0 Å². The van der Waals surface area contributed by atoms with E-state index in [1.807, 2.05) is 13.8 Å². The maximum atomic E-state index is 13.1. The van der Waals surface area contributed by atoms with Gasteiger partial charge in [-0.3, -0.25) is 10.0 Å². The molecule has 1 aromatic carbocycles. The van der Waals surface area contributed by atoms with Crippen LogP contribution in [0.2, 0.25) is 0 Å². The van der Waals surface area contributed by atoms with E-state index in [9.17, 15) is 13.2 Å². The number of rotatable bonds is 4. The predicted octanol–water partition coefficient (Wildman–Crippen LogP) is 0.733. The molecule has 2 N–H and O–H groups in total. The summed E-state index contributed by atoms with van der Waals surface area (Å²) in [6, 6.07) is 4.70. The maximum absolute atomic E-state index is 13.1. The van der Waals surface area contributed by atoms with E-state index in [0.29, 0.717) is 19.0 Å². The molecule has 1 aromatic rings. The Morgan fingerprint density at radius 2 is 1.85 bits per heavy atom. The Morgan fingerprint density at radius 1 is 1.26 bits per heavy atom. The van der Waals surface area contributed by atoms with Crippen LogP contribution in [-0.4, -0.2) is 62.5 Å². The largest absolute Gasteiger partial charge is 0.497 e. The smallest absolute Gasteiger partial charge is 0.261 e. The number of hydrogen-bond donors (Lipinski definition) is 2. The first-order valence-corrected chi connectivity index (χ1v) is 9.94. The molecule has 0 unspecified atom stereocenters. The average Bonchev–Trinajstić information content (AvgIpc) is 3.05. The molecule has 2 heterocycles. The van der Waals surface area contributed by atoms with Gasteiger partial charge in [0.25, 0.3) is 5.91 Å². The summed E-state index contributed by atoms with van der Waals surface area (Å²) in [7, 11) is -2.55. The van der Waals surface area contributed by atoms with Crippen molar-refractivity contribution in [2.75, 3.05) is 26.9 Å². The normalized spacial score (nSPS) is 24.7. The molecule has 0 radical (unpaired) electrons. The van der Waals surface area contributed by atoms with Gasteiger partial charge in [-0.1, -0.05) is 13.8 Å². The molecular weight excluding hydrogens is 376 g/mol. The Hall–Kier alpha value is -1.72. The van der Waals surface area contributed by atoms with Crippen LogP contribution in [0.5, 0.6) is 5.75 Å². The van der Waals surface area contributed by atoms with Gasteiger partial charge in [0.1, 0.15) is 11.8 Å². The molecule has 0 aromatic heterocycles. The molecule has 27 heavy (non-hydrogen) atoms. The van der Waals surface area contributed by atoms with Crippen molar-refractivity contribution in [1.82, 2.24) is 9.79 Å². The van der Waals surface area contributed by atoms with Crippen molar-refractivity contribution >= 4 is 15.9 Å². The number of nitrogens with zero attached hydrogens (tertiary/aromatic N) is 1. The Balaban J connectivity index is 1.92. The van der Waals surface area contributed by atoms with Crippen LogP contribution in [-0.2, 0) is 24.3 Å². The highest BCUT2D eigenvalue weighted by molar-refractivity contribution is 7.89. The third-order valence-electron chi connectivity index (χ3n) is 4.78. The van der Waals surface area contributed by atoms with Crippen LogP contribution in [0.1, 0.15) is 20.3 Å². The fraction of sp³-hybridized carbons (Fsp3) is 0.588. The Labute approximate surface area is 158 Å². The molecule has 0 bridgehead atoms. The topological polar surface area (TPSA) is 114 Å². The number of carbonyl (C=O) groups excluding carboxylic acids is 1. The second-order valence-corrected chi connectivity index (χ2v) is 9.46. The van der Waals surface area contributed by atoms with Crippen molar-refractivity contribution in [2.24, 2.45) is 5.41 Å². The second kappa shape index (κ2) is 7.02. The number of nitrogens with one attached hydrogen (secondary N) is 1. The Morgan fingerprint density at radius 3 is 2.37 bits per heavy atom. The number of methoxy groups -OCH3 is 1. The van der Waals surface area contributed by atoms with E-state index in [0.717, 1.165) is 4.31 Å². The minimum atomic E-state index is -4.03. The van der Waals surface area contributed by atoms with Gasteiger partial charge < -0.3 is 14.2 Å². The van der Waals surface area contributed by atoms with Crippen LogP contribution >= 0.6 is 0 Å². The highest BCUT2D eigenvalue weighted by atomic mass is 32.2. The summed E-state index contributed by atoms with van der Waals surface area (Å²) in [5.74, 6) is -1.54. The quantitative estimate of drug-likeness (QED) is 0.566. The fourth-order valence-electron chi connectivity index (χ4n) is 3.19. The zero-order valence-electron chi connectivity index (χ0n) is 15.5. The Kier molecular flexibility index (Phi) is 5.21. The molecule has 10 heteroatoms. The fourth-order valence-corrected chi connectivity index (χ4v) is 4.81. The molecule has 1 amide bonds. The summed E-state index contributed by atoms with van der Waals surface area (Å²) in [6.45, 7) is 4.54. The van der Waals surface area contributed by atoms with Crippen molar-refractivity contribution in [1.29, 1.82) is 0 Å². The van der Waals surface area contributed by atoms with Gasteiger partial charge in [-0.25, -0.2) is 13.9 Å². The SMILES string of the molecule is COc1ccc(S(=O)(=O)N2CC3(C[C@@H]2C(=O)NO)OCC(C)(C)CO3)cc1. The van der Waals surface area contributed by atoms with Gasteiger partial charge in [0.2, 0.25) is 10.0 Å². The number of carbonyl (C=O) groups is 1. The van der Waals surface area contributed by atoms with E-state index in [1.165, 1.54) is 31.4 Å². The lowest BCUT2D eigenvalue weighted by Gasteiger charge is -2.41. The lowest BCUT2D eigenvalue weighted by molar-refractivity contribution is -0.289. The third kappa shape index (κ3) is 3.81. The molecule has 150 valence electrons. The van der Waals surface area contributed by atoms with Crippen molar-refractivity contribution < 1.29 is 32.6 Å². The molecule has 1 spiro atoms. The van der Waals surface area contributed by atoms with Gasteiger partial charge in [-0.2, -0.15) is 4.31 Å². The summed E-state index contributed by atoms with van der Waals surface area (Å²) < 4.78 is 44.0. The minimum absolute atomic E-state index is 0.00669. The molecule has 0 saturated carbocycles. The molecule has 3 rings (SSSR count). The Bertz CT molecular complexity index is 797. The zero-order chi connectivity index (χ0) is 19.9. The molecule has 1 atom stereocenters. The highest BCUT2D eigenvalue weighted by Crippen LogP contribution is 2.40. The van der Waals surface area contributed by atoms with Gasteiger partial charge in [0.15, 0.2) is 5.79 Å². The second-order valence-electron chi connectivity index (χ2n) is 7.57. The van der Waals surface area contributed by atoms with Crippen molar-refractivity contribution in [3.63, 3.8) is 0 Å². The van der Waals surface area contributed by atoms with Crippen LogP contribution in [0.4, 0.5) is 0 Å². The summed E-state index contributed by atoms with van der Waals surface area (Å²) in [5, 5.41) is 9.07. The van der Waals surface area contributed by atoms with Crippen LogP contribution in [0.25, 0.3) is 0 Å². The van der Waals surface area contributed by atoms with Gasteiger partial charge >= 0.3 is 0 Å². The van der Waals surface area contributed by atoms with E-state index >= 15 is 0 Å². The monoisotopic (exact) mass is 400 g/mol. The van der Waals surface area contributed by atoms with Crippen molar-refractivity contribution in [3.8, 4) is 5.75 Å². The molecule has 2 aliphatic rings. The van der Waals surface area contributed by atoms with Crippen molar-refractivity contribution in [3.05, 3.63) is 24.3 Å². The van der Waals surface area contributed by atoms with E-state index in [4.69, 9.17) is 19.4 Å². The molecule has 2 aliphatic heterocycles. The molecular formula is C17H24N2O7S. The average molecular weight is 400 g/mol. The number of benzene rings is 1. The van der Waals surface area contributed by atoms with Gasteiger partial charge in [-0.15, -0.1) is 0 Å². The molecule has 2 fully saturated rings. The number of amides is 1. The molecule has 2 saturated heterocycles. The first kappa shape index (κ1) is 20.0. The summed E-state index contributed by atoms with van der Waals surface area (Å²) in [6.07, 6.45) is -0.00907. The van der Waals surface area contributed by atoms with E-state index in [2.05, 4.69) is 0 Å². The first-order chi connectivity index (χ1) is 12.6. The molecule has 9 nitrogen and oxygen atoms in total. The number of hydroxylamine groups is 1. The standard InChI is InChI=1S/C17H24N2O7S/c1-16(2)10-25-17(26-11-16)8-14(15(20)18-21)19(9-17)27(22,23)13-6-4-12(24-3)5-7-13/h4-7,14,21H,8-11H2,1-3H3,(H,18,20)/t14-/m1/s1. The maximum Gasteiger partial charge on any atom is 0.261 e. The van der Waals surface area contributed by atoms with Crippen LogP contribution in [0.15, 0.2) is 29.2 Å². The summed E-state index contributed by atoms with van der Waals surface area (Å²) >= 11 is 0. The van der Waals surface area contributed by atoms with Gasteiger partial charge in [0, 0.05) is 11.8 Å². The number of ether oxygens (including phenoxy) is 3. The van der Waals surface area contributed by atoms with Crippen LogP contribution in [0, 0.1) is 5.41 Å². The first-order valence-electron chi connectivity index (χ1n) is 8.50.